The van der Waals surface area contributed by atoms with Gasteiger partial charge in [0, 0.05) is 6.07 Å². The van der Waals surface area contributed by atoms with E-state index in [1.165, 1.54) is 12.3 Å². The summed E-state index contributed by atoms with van der Waals surface area (Å²) in [5.41, 5.74) is 0.0718. The predicted octanol–water partition coefficient (Wildman–Crippen LogP) is 1.39. The molecule has 1 aromatic heterocycles. The molecule has 1 aliphatic rings. The fraction of sp³-hybridized carbons (Fsp3) is 0.375. The molecular formula is C8H8BrN2O3+. The van der Waals surface area contributed by atoms with Crippen LogP contribution in [0.3, 0.4) is 0 Å². The smallest absolute Gasteiger partial charge is 0.370 e. The molecule has 5 nitrogen and oxygen atoms in total. The Bertz CT molecular complexity index is 406. The van der Waals surface area contributed by atoms with Gasteiger partial charge >= 0.3 is 11.6 Å². The van der Waals surface area contributed by atoms with E-state index >= 15 is 0 Å². The number of nitrogens with zero attached hydrogens (tertiary/aromatic N) is 2. The number of pyridine rings is 1. The van der Waals surface area contributed by atoms with E-state index in [1.807, 2.05) is 6.92 Å². The lowest BCUT2D eigenvalue weighted by Crippen LogP contribution is -2.35. The van der Waals surface area contributed by atoms with E-state index in [0.717, 1.165) is 0 Å². The summed E-state index contributed by atoms with van der Waals surface area (Å²) in [6, 6.07) is 3.03. The van der Waals surface area contributed by atoms with Gasteiger partial charge in [-0.1, -0.05) is 0 Å². The first-order chi connectivity index (χ1) is 6.48. The van der Waals surface area contributed by atoms with Gasteiger partial charge in [-0.3, -0.25) is 10.1 Å². The third-order valence-electron chi connectivity index (χ3n) is 1.95. The molecule has 0 saturated heterocycles. The molecule has 0 N–H and O–H groups in total. The molecule has 74 valence electrons. The summed E-state index contributed by atoms with van der Waals surface area (Å²) in [7, 11) is 0. The van der Waals surface area contributed by atoms with Crippen molar-refractivity contribution >= 4 is 21.6 Å². The van der Waals surface area contributed by atoms with Crippen LogP contribution in [0.5, 0.6) is 5.88 Å². The summed E-state index contributed by atoms with van der Waals surface area (Å²) in [6.45, 7) is 2.43. The molecule has 0 amide bonds. The summed E-state index contributed by atoms with van der Waals surface area (Å²) in [4.78, 5) is 10.1. The van der Waals surface area contributed by atoms with Crippen molar-refractivity contribution in [3.05, 3.63) is 28.4 Å². The lowest BCUT2D eigenvalue weighted by molar-refractivity contribution is -0.685. The largest absolute Gasteiger partial charge is 0.419 e. The van der Waals surface area contributed by atoms with E-state index < -0.39 is 9.43 Å². The Morgan fingerprint density at radius 1 is 1.71 bits per heavy atom. The fourth-order valence-corrected chi connectivity index (χ4v) is 1.83. The van der Waals surface area contributed by atoms with Crippen LogP contribution >= 0.6 is 15.9 Å². The summed E-state index contributed by atoms with van der Waals surface area (Å²) in [6.07, 6.45) is 1.47. The van der Waals surface area contributed by atoms with E-state index in [-0.39, 0.29) is 5.69 Å². The zero-order chi connectivity index (χ0) is 10.3. The molecule has 0 bridgehead atoms. The first-order valence-corrected chi connectivity index (χ1v) is 4.83. The van der Waals surface area contributed by atoms with Gasteiger partial charge in [0.25, 0.3) is 0 Å². The van der Waals surface area contributed by atoms with Crippen LogP contribution in [0.2, 0.25) is 0 Å². The molecule has 0 fully saturated rings. The van der Waals surface area contributed by atoms with Crippen molar-refractivity contribution in [2.24, 2.45) is 0 Å². The van der Waals surface area contributed by atoms with Crippen LogP contribution in [0.25, 0.3) is 0 Å². The molecule has 0 aromatic carbocycles. The monoisotopic (exact) mass is 259 g/mol. The SMILES string of the molecule is CC1(Br)C[n+]2cc([N+](=O)[O-])ccc2O1. The molecule has 2 heterocycles. The minimum atomic E-state index is -0.463. The van der Waals surface area contributed by atoms with E-state index in [9.17, 15) is 10.1 Å². The van der Waals surface area contributed by atoms with Crippen LogP contribution < -0.4 is 9.30 Å². The average molecular weight is 260 g/mol. The van der Waals surface area contributed by atoms with Crippen LogP contribution in [0, 0.1) is 10.1 Å². The Balaban J connectivity index is 2.40. The highest BCUT2D eigenvalue weighted by molar-refractivity contribution is 9.10. The van der Waals surface area contributed by atoms with Gasteiger partial charge in [-0.25, -0.2) is 0 Å². The Labute approximate surface area is 88.6 Å². The third-order valence-corrected chi connectivity index (χ3v) is 2.36. The second kappa shape index (κ2) is 2.91. The van der Waals surface area contributed by atoms with Crippen molar-refractivity contribution in [1.29, 1.82) is 0 Å². The molecule has 6 heteroatoms. The van der Waals surface area contributed by atoms with Gasteiger partial charge in [-0.15, -0.1) is 0 Å². The van der Waals surface area contributed by atoms with Gasteiger partial charge in [-0.05, 0) is 22.9 Å². The van der Waals surface area contributed by atoms with Gasteiger partial charge in [0.1, 0.15) is 0 Å². The van der Waals surface area contributed by atoms with Gasteiger partial charge in [0.05, 0.1) is 11.0 Å². The van der Waals surface area contributed by atoms with E-state index in [1.54, 1.807) is 10.6 Å². The van der Waals surface area contributed by atoms with Crippen LogP contribution in [-0.4, -0.2) is 9.43 Å². The van der Waals surface area contributed by atoms with Crippen molar-refractivity contribution in [2.45, 2.75) is 18.0 Å². The Morgan fingerprint density at radius 3 is 3.07 bits per heavy atom. The lowest BCUT2D eigenvalue weighted by Gasteiger charge is -2.07. The fourth-order valence-electron chi connectivity index (χ4n) is 1.40. The highest BCUT2D eigenvalue weighted by Gasteiger charge is 2.40. The molecule has 1 aliphatic heterocycles. The number of fused-ring (bicyclic) bond motifs is 1. The van der Waals surface area contributed by atoms with Crippen LogP contribution in [0.15, 0.2) is 18.3 Å². The average Bonchev–Trinajstić information content (AvgIpc) is 2.36. The van der Waals surface area contributed by atoms with E-state index in [0.29, 0.717) is 12.4 Å². The number of hydrogen-bond acceptors (Lipinski definition) is 3. The molecule has 2 rings (SSSR count). The summed E-state index contributed by atoms with van der Waals surface area (Å²) < 4.78 is 6.74. The molecule has 0 radical (unpaired) electrons. The van der Waals surface area contributed by atoms with E-state index in [4.69, 9.17) is 4.74 Å². The third kappa shape index (κ3) is 1.57. The first-order valence-electron chi connectivity index (χ1n) is 4.04. The number of alkyl halides is 1. The number of rotatable bonds is 1. The molecule has 0 aliphatic carbocycles. The number of ether oxygens (including phenoxy) is 1. The molecule has 1 unspecified atom stereocenters. The normalized spacial score (nSPS) is 24.1. The zero-order valence-electron chi connectivity index (χ0n) is 7.44. The second-order valence-electron chi connectivity index (χ2n) is 3.31. The molecule has 0 saturated carbocycles. The van der Waals surface area contributed by atoms with Crippen molar-refractivity contribution in [3.63, 3.8) is 0 Å². The second-order valence-corrected chi connectivity index (χ2v) is 4.99. The van der Waals surface area contributed by atoms with Gasteiger partial charge in [0.15, 0.2) is 0 Å². The molecule has 0 spiro atoms. The maximum atomic E-state index is 10.5. The first kappa shape index (κ1) is 9.39. The van der Waals surface area contributed by atoms with Gasteiger partial charge in [0.2, 0.25) is 17.3 Å². The number of nitro groups is 1. The lowest BCUT2D eigenvalue weighted by atomic mass is 10.4. The standard InChI is InChI=1S/C8H8BrN2O3/c1-8(9)5-10-4-6(11(12)13)2-3-7(10)14-8/h2-4H,5H2,1H3/q+1. The van der Waals surface area contributed by atoms with Crippen molar-refractivity contribution in [3.8, 4) is 5.88 Å². The molecule has 1 atom stereocenters. The van der Waals surface area contributed by atoms with Crippen LogP contribution in [0.4, 0.5) is 5.69 Å². The van der Waals surface area contributed by atoms with Crippen molar-refractivity contribution in [2.75, 3.05) is 0 Å². The predicted molar refractivity (Wildman–Crippen MR) is 51.3 cm³/mol. The molecular weight excluding hydrogens is 252 g/mol. The number of hydrogen-bond donors (Lipinski definition) is 0. The molecule has 1 aromatic rings. The van der Waals surface area contributed by atoms with Crippen molar-refractivity contribution < 1.29 is 14.2 Å². The zero-order valence-corrected chi connectivity index (χ0v) is 9.02. The van der Waals surface area contributed by atoms with Crippen LogP contribution in [-0.2, 0) is 6.54 Å². The summed E-state index contributed by atoms with van der Waals surface area (Å²) in [5, 5.41) is 10.5. The highest BCUT2D eigenvalue weighted by atomic mass is 79.9. The van der Waals surface area contributed by atoms with E-state index in [2.05, 4.69) is 15.9 Å². The number of aromatic nitrogens is 1. The minimum absolute atomic E-state index is 0.0718. The highest BCUT2D eigenvalue weighted by Crippen LogP contribution is 2.28. The topological polar surface area (TPSA) is 56.2 Å². The maximum absolute atomic E-state index is 10.5. The summed E-state index contributed by atoms with van der Waals surface area (Å²) >= 11 is 3.37. The minimum Gasteiger partial charge on any atom is -0.419 e. The number of halogens is 1. The Kier molecular flexibility index (Phi) is 1.95. The Hall–Kier alpha value is -1.17. The van der Waals surface area contributed by atoms with Crippen molar-refractivity contribution in [1.82, 2.24) is 0 Å². The van der Waals surface area contributed by atoms with Crippen LogP contribution in [0.1, 0.15) is 6.92 Å². The van der Waals surface area contributed by atoms with Gasteiger partial charge in [-0.2, -0.15) is 4.57 Å². The summed E-state index contributed by atoms with van der Waals surface area (Å²) in [5.74, 6) is 0.634. The maximum Gasteiger partial charge on any atom is 0.370 e. The quantitative estimate of drug-likeness (QED) is 0.332. The Morgan fingerprint density at radius 2 is 2.43 bits per heavy atom. The van der Waals surface area contributed by atoms with Gasteiger partial charge < -0.3 is 4.74 Å². The molecule has 14 heavy (non-hydrogen) atoms.